The SMILES string of the molecule is C=CC(=O)Nc1cnn(CCOC)c1-c1nc(-c2c(Cl)c(OC)cc(OC)c2Cl)c2ccncc2n1. The van der Waals surface area contributed by atoms with Crippen LogP contribution in [0.4, 0.5) is 5.69 Å². The molecule has 0 aliphatic heterocycles. The molecule has 36 heavy (non-hydrogen) atoms. The number of nitrogens with one attached hydrogen (secondary N) is 1. The van der Waals surface area contributed by atoms with Gasteiger partial charge in [0.05, 0.1) is 66.7 Å². The number of methoxy groups -OCH3 is 3. The van der Waals surface area contributed by atoms with Gasteiger partial charge >= 0.3 is 0 Å². The van der Waals surface area contributed by atoms with E-state index < -0.39 is 5.91 Å². The number of carbonyl (C=O) groups is 1. The minimum absolute atomic E-state index is 0.249. The number of rotatable bonds is 9. The van der Waals surface area contributed by atoms with E-state index in [0.29, 0.717) is 58.2 Å². The summed E-state index contributed by atoms with van der Waals surface area (Å²) in [5.41, 5.74) is 2.19. The third-order valence-corrected chi connectivity index (χ3v) is 6.06. The lowest BCUT2D eigenvalue weighted by atomic mass is 10.1. The fourth-order valence-electron chi connectivity index (χ4n) is 3.61. The number of amides is 1. The Hall–Kier alpha value is -3.73. The molecule has 10 nitrogen and oxygen atoms in total. The highest BCUT2D eigenvalue weighted by atomic mass is 35.5. The smallest absolute Gasteiger partial charge is 0.247 e. The van der Waals surface area contributed by atoms with Crippen LogP contribution in [0.5, 0.6) is 11.5 Å². The molecule has 0 aliphatic carbocycles. The Morgan fingerprint density at radius 1 is 1.14 bits per heavy atom. The van der Waals surface area contributed by atoms with Crippen molar-refractivity contribution in [3.63, 3.8) is 0 Å². The van der Waals surface area contributed by atoms with E-state index in [1.165, 1.54) is 20.4 Å². The van der Waals surface area contributed by atoms with Crippen LogP contribution in [0.1, 0.15) is 0 Å². The Kier molecular flexibility index (Phi) is 7.68. The molecule has 0 radical (unpaired) electrons. The summed E-state index contributed by atoms with van der Waals surface area (Å²) in [7, 11) is 4.57. The number of halogens is 2. The summed E-state index contributed by atoms with van der Waals surface area (Å²) in [5, 5.41) is 8.29. The zero-order chi connectivity index (χ0) is 25.8. The summed E-state index contributed by atoms with van der Waals surface area (Å²) in [4.78, 5) is 25.9. The molecule has 0 saturated heterocycles. The van der Waals surface area contributed by atoms with Crippen LogP contribution in [0.2, 0.25) is 10.0 Å². The number of carbonyl (C=O) groups excluding carboxylic acids is 1. The standard InChI is InChI=1S/C24H22Cl2N6O4/c1-5-18(33)29-15-12-28-32(8-9-34-2)23(15)24-30-14-11-27-7-6-13(14)22(31-24)19-20(25)16(35-3)10-17(36-4)21(19)26/h5-7,10-12H,1,8-9H2,2-4H3,(H,29,33). The maximum absolute atomic E-state index is 12.1. The molecule has 186 valence electrons. The largest absolute Gasteiger partial charge is 0.495 e. The van der Waals surface area contributed by atoms with Gasteiger partial charge in [0.15, 0.2) is 5.82 Å². The number of hydrogen-bond acceptors (Lipinski definition) is 8. The Morgan fingerprint density at radius 2 is 1.86 bits per heavy atom. The molecule has 0 saturated carbocycles. The van der Waals surface area contributed by atoms with E-state index in [1.54, 1.807) is 36.3 Å². The van der Waals surface area contributed by atoms with Gasteiger partial charge in [-0.05, 0) is 12.1 Å². The van der Waals surface area contributed by atoms with E-state index in [0.717, 1.165) is 6.08 Å². The first-order chi connectivity index (χ1) is 17.4. The highest BCUT2D eigenvalue weighted by molar-refractivity contribution is 6.41. The first-order valence-corrected chi connectivity index (χ1v) is 11.4. The number of ether oxygens (including phenoxy) is 3. The fourth-order valence-corrected chi connectivity index (χ4v) is 4.29. The molecule has 1 N–H and O–H groups in total. The lowest BCUT2D eigenvalue weighted by Crippen LogP contribution is -2.12. The van der Waals surface area contributed by atoms with Crippen molar-refractivity contribution in [3.8, 4) is 34.3 Å². The quantitative estimate of drug-likeness (QED) is 0.312. The first kappa shape index (κ1) is 25.4. The molecule has 0 spiro atoms. The summed E-state index contributed by atoms with van der Waals surface area (Å²) in [6.45, 7) is 4.26. The number of fused-ring (bicyclic) bond motifs is 1. The molecule has 4 rings (SSSR count). The van der Waals surface area contributed by atoms with Crippen molar-refractivity contribution in [1.29, 1.82) is 0 Å². The number of nitrogens with zero attached hydrogens (tertiary/aromatic N) is 5. The molecule has 0 bridgehead atoms. The summed E-state index contributed by atoms with van der Waals surface area (Å²) in [6, 6.07) is 3.36. The Bertz CT molecular complexity index is 1430. The second kappa shape index (κ2) is 10.9. The molecular weight excluding hydrogens is 507 g/mol. The van der Waals surface area contributed by atoms with Gasteiger partial charge in [0, 0.05) is 30.3 Å². The number of anilines is 1. The second-order valence-corrected chi connectivity index (χ2v) is 8.14. The highest BCUT2D eigenvalue weighted by Gasteiger charge is 2.25. The van der Waals surface area contributed by atoms with Crippen molar-refractivity contribution in [2.75, 3.05) is 33.3 Å². The summed E-state index contributed by atoms with van der Waals surface area (Å²) >= 11 is 13.5. The Balaban J connectivity index is 2.05. The normalized spacial score (nSPS) is 10.9. The molecule has 4 aromatic rings. The van der Waals surface area contributed by atoms with E-state index in [9.17, 15) is 4.79 Å². The maximum atomic E-state index is 12.1. The van der Waals surface area contributed by atoms with Gasteiger partial charge in [0.2, 0.25) is 5.91 Å². The van der Waals surface area contributed by atoms with E-state index in [2.05, 4.69) is 22.0 Å². The summed E-state index contributed by atoms with van der Waals surface area (Å²) in [6.07, 6.45) is 5.89. The van der Waals surface area contributed by atoms with Crippen LogP contribution >= 0.6 is 23.2 Å². The molecule has 3 heterocycles. The van der Waals surface area contributed by atoms with Crippen molar-refractivity contribution in [1.82, 2.24) is 24.7 Å². The van der Waals surface area contributed by atoms with Gasteiger partial charge in [0.25, 0.3) is 0 Å². The molecule has 3 aromatic heterocycles. The average Bonchev–Trinajstić information content (AvgIpc) is 3.29. The van der Waals surface area contributed by atoms with E-state index in [4.69, 9.17) is 47.4 Å². The van der Waals surface area contributed by atoms with Gasteiger partial charge in [0.1, 0.15) is 17.2 Å². The third-order valence-electron chi connectivity index (χ3n) is 5.31. The van der Waals surface area contributed by atoms with Crippen molar-refractivity contribution in [2.24, 2.45) is 0 Å². The number of hydrogen-bond donors (Lipinski definition) is 1. The molecule has 0 unspecified atom stereocenters. The number of aromatic nitrogens is 5. The van der Waals surface area contributed by atoms with Gasteiger partial charge in [-0.15, -0.1) is 0 Å². The molecule has 12 heteroatoms. The lowest BCUT2D eigenvalue weighted by molar-refractivity contribution is -0.111. The van der Waals surface area contributed by atoms with E-state index in [-0.39, 0.29) is 15.9 Å². The highest BCUT2D eigenvalue weighted by Crippen LogP contribution is 2.47. The van der Waals surface area contributed by atoms with Gasteiger partial charge in [-0.3, -0.25) is 14.5 Å². The van der Waals surface area contributed by atoms with Crippen molar-refractivity contribution < 1.29 is 19.0 Å². The zero-order valence-electron chi connectivity index (χ0n) is 19.7. The minimum atomic E-state index is -0.408. The second-order valence-electron chi connectivity index (χ2n) is 7.39. The maximum Gasteiger partial charge on any atom is 0.247 e. The number of pyridine rings is 1. The molecule has 1 aromatic carbocycles. The Labute approximate surface area is 216 Å². The van der Waals surface area contributed by atoms with Crippen LogP contribution in [-0.2, 0) is 16.1 Å². The predicted molar refractivity (Wildman–Crippen MR) is 138 cm³/mol. The topological polar surface area (TPSA) is 113 Å². The van der Waals surface area contributed by atoms with Crippen LogP contribution in [0.3, 0.4) is 0 Å². The van der Waals surface area contributed by atoms with Crippen LogP contribution in [0.25, 0.3) is 33.7 Å². The molecule has 1 amide bonds. The molecular formula is C24H22Cl2N6O4. The van der Waals surface area contributed by atoms with Crippen LogP contribution < -0.4 is 14.8 Å². The minimum Gasteiger partial charge on any atom is -0.495 e. The Morgan fingerprint density at radius 3 is 2.50 bits per heavy atom. The number of benzene rings is 1. The predicted octanol–water partition coefficient (Wildman–Crippen LogP) is 4.65. The van der Waals surface area contributed by atoms with Crippen molar-refractivity contribution in [2.45, 2.75) is 6.54 Å². The first-order valence-electron chi connectivity index (χ1n) is 10.6. The average molecular weight is 529 g/mol. The molecule has 0 atom stereocenters. The van der Waals surface area contributed by atoms with Gasteiger partial charge in [-0.25, -0.2) is 9.97 Å². The zero-order valence-corrected chi connectivity index (χ0v) is 21.2. The van der Waals surface area contributed by atoms with Crippen molar-refractivity contribution in [3.05, 3.63) is 53.4 Å². The van der Waals surface area contributed by atoms with Gasteiger partial charge in [-0.2, -0.15) is 5.10 Å². The van der Waals surface area contributed by atoms with Crippen molar-refractivity contribution >= 4 is 45.7 Å². The van der Waals surface area contributed by atoms with Gasteiger partial charge in [-0.1, -0.05) is 29.8 Å². The van der Waals surface area contributed by atoms with Crippen LogP contribution in [-0.4, -0.2) is 58.6 Å². The summed E-state index contributed by atoms with van der Waals surface area (Å²) < 4.78 is 17.7. The monoisotopic (exact) mass is 528 g/mol. The van der Waals surface area contributed by atoms with Gasteiger partial charge < -0.3 is 19.5 Å². The lowest BCUT2D eigenvalue weighted by Gasteiger charge is -2.17. The third kappa shape index (κ3) is 4.70. The van der Waals surface area contributed by atoms with E-state index in [1.807, 2.05) is 0 Å². The molecule has 0 aliphatic rings. The van der Waals surface area contributed by atoms with E-state index >= 15 is 0 Å². The van der Waals surface area contributed by atoms with Crippen LogP contribution in [0, 0.1) is 0 Å². The fraction of sp³-hybridized carbons (Fsp3) is 0.208. The summed E-state index contributed by atoms with van der Waals surface area (Å²) in [5.74, 6) is 0.569. The molecule has 0 fully saturated rings. The van der Waals surface area contributed by atoms with Crippen LogP contribution in [0.15, 0.2) is 43.4 Å².